The number of thiophene rings is 1. The predicted molar refractivity (Wildman–Crippen MR) is 135 cm³/mol. The van der Waals surface area contributed by atoms with E-state index in [4.69, 9.17) is 0 Å². The number of hydrogen-bond donors (Lipinski definition) is 1. The Kier molecular flexibility index (Phi) is 6.30. The molecule has 2 aliphatic heterocycles. The van der Waals surface area contributed by atoms with Gasteiger partial charge in [0, 0.05) is 42.7 Å². The van der Waals surface area contributed by atoms with Crippen molar-refractivity contribution in [2.24, 2.45) is 5.92 Å². The Morgan fingerprint density at radius 1 is 1.09 bits per heavy atom. The van der Waals surface area contributed by atoms with E-state index >= 15 is 0 Å². The summed E-state index contributed by atoms with van der Waals surface area (Å²) in [7, 11) is -3.52. The molecule has 1 amide bonds. The van der Waals surface area contributed by atoms with Crippen molar-refractivity contribution in [3.63, 3.8) is 0 Å². The zero-order valence-electron chi connectivity index (χ0n) is 19.5. The molecule has 5 rings (SSSR count). The summed E-state index contributed by atoms with van der Waals surface area (Å²) in [4.78, 5) is 26.7. The van der Waals surface area contributed by atoms with Crippen LogP contribution in [0.4, 0.5) is 11.5 Å². The summed E-state index contributed by atoms with van der Waals surface area (Å²) < 4.78 is 27.2. The van der Waals surface area contributed by atoms with Crippen LogP contribution >= 0.6 is 11.3 Å². The van der Waals surface area contributed by atoms with E-state index in [0.717, 1.165) is 42.0 Å². The van der Waals surface area contributed by atoms with E-state index in [9.17, 15) is 13.2 Å². The van der Waals surface area contributed by atoms with Crippen LogP contribution < -0.4 is 10.2 Å². The fourth-order valence-corrected chi connectivity index (χ4v) is 7.37. The van der Waals surface area contributed by atoms with E-state index in [0.29, 0.717) is 31.6 Å². The summed E-state index contributed by atoms with van der Waals surface area (Å²) in [5.74, 6) is 0.758. The Morgan fingerprint density at radius 2 is 1.82 bits per heavy atom. The number of rotatable bonds is 5. The maximum atomic E-state index is 13.0. The Morgan fingerprint density at radius 3 is 2.56 bits per heavy atom. The van der Waals surface area contributed by atoms with Crippen molar-refractivity contribution in [1.82, 2.24) is 14.3 Å². The molecule has 2 aromatic heterocycles. The Hall–Kier alpha value is -2.56. The van der Waals surface area contributed by atoms with E-state index in [1.54, 1.807) is 41.9 Å². The molecule has 180 valence electrons. The van der Waals surface area contributed by atoms with Gasteiger partial charge < -0.3 is 10.2 Å². The molecule has 0 aliphatic carbocycles. The van der Waals surface area contributed by atoms with Gasteiger partial charge >= 0.3 is 0 Å². The van der Waals surface area contributed by atoms with Crippen LogP contribution in [-0.4, -0.2) is 54.8 Å². The summed E-state index contributed by atoms with van der Waals surface area (Å²) in [6.45, 7) is 6.80. The number of aryl methyl sites for hydroxylation is 2. The summed E-state index contributed by atoms with van der Waals surface area (Å²) in [6.07, 6.45) is 4.83. The van der Waals surface area contributed by atoms with Gasteiger partial charge in [-0.3, -0.25) is 4.79 Å². The van der Waals surface area contributed by atoms with Crippen molar-refractivity contribution in [2.45, 2.75) is 44.4 Å². The van der Waals surface area contributed by atoms with Gasteiger partial charge in [0.15, 0.2) is 0 Å². The third kappa shape index (κ3) is 4.30. The average Bonchev–Trinajstić information content (AvgIpc) is 3.49. The lowest BCUT2D eigenvalue weighted by molar-refractivity contribution is -0.120. The molecule has 0 spiro atoms. The number of benzene rings is 1. The van der Waals surface area contributed by atoms with Crippen molar-refractivity contribution in [2.75, 3.05) is 36.4 Å². The molecule has 0 radical (unpaired) electrons. The summed E-state index contributed by atoms with van der Waals surface area (Å²) in [5, 5.41) is 4.06. The van der Waals surface area contributed by atoms with Crippen molar-refractivity contribution >= 4 is 49.0 Å². The van der Waals surface area contributed by atoms with Crippen LogP contribution in [0.5, 0.6) is 0 Å². The highest BCUT2D eigenvalue weighted by Gasteiger charge is 2.29. The van der Waals surface area contributed by atoms with Crippen LogP contribution in [0.25, 0.3) is 10.2 Å². The summed E-state index contributed by atoms with van der Waals surface area (Å²) >= 11 is 1.69. The Bertz CT molecular complexity index is 1320. The van der Waals surface area contributed by atoms with Gasteiger partial charge in [-0.25, -0.2) is 18.4 Å². The molecule has 2 saturated heterocycles. The normalized spacial score (nSPS) is 18.0. The smallest absolute Gasteiger partial charge is 0.243 e. The number of sulfonamides is 1. The van der Waals surface area contributed by atoms with Crippen LogP contribution in [0.2, 0.25) is 0 Å². The highest BCUT2D eigenvalue weighted by atomic mass is 32.2. The maximum absolute atomic E-state index is 13.0. The molecule has 0 saturated carbocycles. The third-order valence-electron chi connectivity index (χ3n) is 6.92. The molecular formula is C24H29N5O3S2. The van der Waals surface area contributed by atoms with Crippen LogP contribution in [-0.2, 0) is 14.8 Å². The molecule has 34 heavy (non-hydrogen) atoms. The average molecular weight is 500 g/mol. The SMILES string of the molecule is Cc1sc2ncnc(N3CCC(C(=O)Nc4cccc(S(=O)(=O)N5CCCC5)c4)CC3)c2c1C. The van der Waals surface area contributed by atoms with E-state index in [-0.39, 0.29) is 16.7 Å². The van der Waals surface area contributed by atoms with E-state index in [1.807, 2.05) is 0 Å². The third-order valence-corrected chi connectivity index (χ3v) is 9.92. The number of carbonyl (C=O) groups excluding carboxylic acids is 1. The number of hydrogen-bond acceptors (Lipinski definition) is 7. The number of piperidine rings is 1. The number of carbonyl (C=O) groups is 1. The largest absolute Gasteiger partial charge is 0.356 e. The maximum Gasteiger partial charge on any atom is 0.243 e. The zero-order chi connectivity index (χ0) is 23.9. The molecule has 2 fully saturated rings. The highest BCUT2D eigenvalue weighted by Crippen LogP contribution is 2.35. The number of nitrogens with zero attached hydrogens (tertiary/aromatic N) is 4. The monoisotopic (exact) mass is 499 g/mol. The van der Waals surface area contributed by atoms with E-state index < -0.39 is 10.0 Å². The molecule has 10 heteroatoms. The highest BCUT2D eigenvalue weighted by molar-refractivity contribution is 7.89. The quantitative estimate of drug-likeness (QED) is 0.571. The van der Waals surface area contributed by atoms with Gasteiger partial charge in [-0.2, -0.15) is 4.31 Å². The van der Waals surface area contributed by atoms with Crippen LogP contribution in [0.1, 0.15) is 36.1 Å². The molecule has 4 heterocycles. The fourth-order valence-electron chi connectivity index (χ4n) is 4.81. The lowest BCUT2D eigenvalue weighted by Crippen LogP contribution is -2.38. The van der Waals surface area contributed by atoms with Gasteiger partial charge in [0.25, 0.3) is 0 Å². The summed E-state index contributed by atoms with van der Waals surface area (Å²) in [5.41, 5.74) is 1.74. The van der Waals surface area contributed by atoms with Gasteiger partial charge in [-0.1, -0.05) is 6.07 Å². The molecule has 0 atom stereocenters. The second kappa shape index (κ2) is 9.24. The van der Waals surface area contributed by atoms with Gasteiger partial charge in [0.1, 0.15) is 17.0 Å². The molecular weight excluding hydrogens is 470 g/mol. The first-order chi connectivity index (χ1) is 16.3. The van der Waals surface area contributed by atoms with Crippen LogP contribution in [0, 0.1) is 19.8 Å². The lowest BCUT2D eigenvalue weighted by atomic mass is 9.95. The Balaban J connectivity index is 1.25. The van der Waals surface area contributed by atoms with Gasteiger partial charge in [-0.05, 0) is 63.3 Å². The van der Waals surface area contributed by atoms with Crippen molar-refractivity contribution in [3.8, 4) is 0 Å². The minimum Gasteiger partial charge on any atom is -0.356 e. The topological polar surface area (TPSA) is 95.5 Å². The van der Waals surface area contributed by atoms with Crippen molar-refractivity contribution in [3.05, 3.63) is 41.0 Å². The van der Waals surface area contributed by atoms with Gasteiger partial charge in [0.2, 0.25) is 15.9 Å². The number of anilines is 2. The number of fused-ring (bicyclic) bond motifs is 1. The number of amides is 1. The standard InChI is InChI=1S/C24H29N5O3S2/c1-16-17(2)33-24-21(16)22(25-15-26-24)28-12-8-18(9-13-28)23(30)27-19-6-5-7-20(14-19)34(31,32)29-10-3-4-11-29/h5-7,14-15,18H,3-4,8-13H2,1-2H3,(H,27,30). The van der Waals surface area contributed by atoms with E-state index in [2.05, 4.69) is 34.0 Å². The first-order valence-corrected chi connectivity index (χ1v) is 14.0. The zero-order valence-corrected chi connectivity index (χ0v) is 21.1. The first kappa shape index (κ1) is 23.2. The molecule has 0 bridgehead atoms. The molecule has 8 nitrogen and oxygen atoms in total. The van der Waals surface area contributed by atoms with Gasteiger partial charge in [0.05, 0.1) is 10.3 Å². The lowest BCUT2D eigenvalue weighted by Gasteiger charge is -2.32. The van der Waals surface area contributed by atoms with Crippen LogP contribution in [0.3, 0.4) is 0 Å². The predicted octanol–water partition coefficient (Wildman–Crippen LogP) is 3.95. The molecule has 3 aromatic rings. The molecule has 1 aromatic carbocycles. The summed E-state index contributed by atoms with van der Waals surface area (Å²) in [6, 6.07) is 6.60. The minimum absolute atomic E-state index is 0.0641. The van der Waals surface area contributed by atoms with Crippen molar-refractivity contribution in [1.29, 1.82) is 0 Å². The van der Waals surface area contributed by atoms with Gasteiger partial charge in [-0.15, -0.1) is 11.3 Å². The minimum atomic E-state index is -3.52. The fraction of sp³-hybridized carbons (Fsp3) is 0.458. The van der Waals surface area contributed by atoms with Crippen LogP contribution in [0.15, 0.2) is 35.5 Å². The Labute approximate surface area is 204 Å². The van der Waals surface area contributed by atoms with Crippen molar-refractivity contribution < 1.29 is 13.2 Å². The van der Waals surface area contributed by atoms with E-state index in [1.165, 1.54) is 14.7 Å². The second-order valence-corrected chi connectivity index (χ2v) is 12.2. The molecule has 0 unspecified atom stereocenters. The molecule has 1 N–H and O–H groups in total. The number of aromatic nitrogens is 2. The first-order valence-electron chi connectivity index (χ1n) is 11.7. The second-order valence-electron chi connectivity index (χ2n) is 9.05. The molecule has 2 aliphatic rings. The number of nitrogens with one attached hydrogen (secondary N) is 1.